The Bertz CT molecular complexity index is 928. The van der Waals surface area contributed by atoms with Crippen LogP contribution in [0.1, 0.15) is 46.5 Å². The number of carbonyl (C=O) groups is 2. The highest BCUT2D eigenvalue weighted by Crippen LogP contribution is 2.19. The summed E-state index contributed by atoms with van der Waals surface area (Å²) < 4.78 is 6.83. The molecule has 0 fully saturated rings. The molecule has 0 aliphatic heterocycles. The van der Waals surface area contributed by atoms with Crippen LogP contribution >= 0.6 is 0 Å². The van der Waals surface area contributed by atoms with Crippen LogP contribution in [-0.4, -0.2) is 39.7 Å². The van der Waals surface area contributed by atoms with E-state index in [9.17, 15) is 9.59 Å². The van der Waals surface area contributed by atoms with E-state index in [1.165, 1.54) is 6.26 Å². The molecule has 3 heterocycles. The number of rotatable bonds is 6. The highest BCUT2D eigenvalue weighted by Gasteiger charge is 2.15. The first-order chi connectivity index (χ1) is 12.5. The molecular weight excluding hydrogens is 334 g/mol. The van der Waals surface area contributed by atoms with Gasteiger partial charge in [-0.3, -0.25) is 9.59 Å². The zero-order valence-corrected chi connectivity index (χ0v) is 14.9. The molecule has 0 aromatic carbocycles. The van der Waals surface area contributed by atoms with Gasteiger partial charge in [0.2, 0.25) is 0 Å². The van der Waals surface area contributed by atoms with Gasteiger partial charge >= 0.3 is 0 Å². The number of aryl methyl sites for hydroxylation is 1. The minimum atomic E-state index is -0.315. The van der Waals surface area contributed by atoms with Crippen molar-refractivity contribution in [2.24, 2.45) is 0 Å². The maximum atomic E-state index is 12.4. The third kappa shape index (κ3) is 3.58. The second kappa shape index (κ2) is 7.38. The van der Waals surface area contributed by atoms with Gasteiger partial charge in [-0.1, -0.05) is 0 Å². The molecule has 0 atom stereocenters. The molecule has 8 heteroatoms. The molecule has 3 aromatic rings. The number of carbonyl (C=O) groups excluding carboxylic acids is 2. The average molecular weight is 355 g/mol. The van der Waals surface area contributed by atoms with E-state index in [1.807, 2.05) is 18.5 Å². The fourth-order valence-electron chi connectivity index (χ4n) is 2.62. The number of hydrogen-bond donors (Lipinski definition) is 2. The lowest BCUT2D eigenvalue weighted by molar-refractivity contribution is 0.0910. The van der Waals surface area contributed by atoms with E-state index in [2.05, 4.69) is 20.7 Å². The Hall–Kier alpha value is -3.16. The Balaban J connectivity index is 1.61. The Morgan fingerprint density at radius 3 is 2.62 bits per heavy atom. The molecule has 26 heavy (non-hydrogen) atoms. The summed E-state index contributed by atoms with van der Waals surface area (Å²) >= 11 is 0. The summed E-state index contributed by atoms with van der Waals surface area (Å²) in [5, 5.41) is 10.6. The zero-order chi connectivity index (χ0) is 18.7. The monoisotopic (exact) mass is 355 g/mol. The van der Waals surface area contributed by atoms with E-state index < -0.39 is 0 Å². The van der Waals surface area contributed by atoms with Gasteiger partial charge in [0.15, 0.2) is 11.4 Å². The fraction of sp³-hybridized carbons (Fsp3) is 0.333. The van der Waals surface area contributed by atoms with Crippen LogP contribution in [-0.2, 0) is 0 Å². The number of nitrogens with zero attached hydrogens (tertiary/aromatic N) is 3. The number of hydrogen-bond acceptors (Lipinski definition) is 5. The average Bonchev–Trinajstić information content (AvgIpc) is 3.26. The second-order valence-corrected chi connectivity index (χ2v) is 6.21. The summed E-state index contributed by atoms with van der Waals surface area (Å²) in [6.45, 7) is 6.45. The molecule has 0 unspecified atom stereocenters. The topological polar surface area (TPSA) is 102 Å². The van der Waals surface area contributed by atoms with Crippen LogP contribution in [0.4, 0.5) is 0 Å². The lowest BCUT2D eigenvalue weighted by Gasteiger charge is -2.10. The zero-order valence-electron chi connectivity index (χ0n) is 14.9. The van der Waals surface area contributed by atoms with Crippen molar-refractivity contribution in [2.45, 2.75) is 26.8 Å². The largest absolute Gasteiger partial charge is 0.459 e. The van der Waals surface area contributed by atoms with Gasteiger partial charge in [-0.15, -0.1) is 0 Å². The second-order valence-electron chi connectivity index (χ2n) is 6.21. The number of nitrogens with one attached hydrogen (secondary N) is 2. The quantitative estimate of drug-likeness (QED) is 0.659. The van der Waals surface area contributed by atoms with Gasteiger partial charge < -0.3 is 15.1 Å². The maximum absolute atomic E-state index is 12.4. The third-order valence-corrected chi connectivity index (χ3v) is 3.93. The molecular formula is C18H21N5O3. The van der Waals surface area contributed by atoms with Gasteiger partial charge in [-0.2, -0.15) is 5.10 Å². The highest BCUT2D eigenvalue weighted by molar-refractivity contribution is 5.98. The van der Waals surface area contributed by atoms with Crippen LogP contribution in [0, 0.1) is 6.92 Å². The molecule has 3 aromatic heterocycles. The maximum Gasteiger partial charge on any atom is 0.287 e. The minimum absolute atomic E-state index is 0.192. The fourth-order valence-corrected chi connectivity index (χ4v) is 2.62. The first-order valence-electron chi connectivity index (χ1n) is 8.42. The van der Waals surface area contributed by atoms with E-state index >= 15 is 0 Å². The summed E-state index contributed by atoms with van der Waals surface area (Å²) in [5.41, 5.74) is 1.90. The Morgan fingerprint density at radius 1 is 1.23 bits per heavy atom. The van der Waals surface area contributed by atoms with Crippen molar-refractivity contribution in [3.63, 3.8) is 0 Å². The van der Waals surface area contributed by atoms with E-state index in [0.717, 1.165) is 11.0 Å². The molecule has 0 saturated carbocycles. The molecule has 3 rings (SSSR count). The van der Waals surface area contributed by atoms with Crippen molar-refractivity contribution in [1.29, 1.82) is 0 Å². The summed E-state index contributed by atoms with van der Waals surface area (Å²) in [4.78, 5) is 28.7. The van der Waals surface area contributed by atoms with Crippen molar-refractivity contribution in [3.05, 3.63) is 47.7 Å². The lowest BCUT2D eigenvalue weighted by Crippen LogP contribution is -2.34. The first kappa shape index (κ1) is 17.7. The van der Waals surface area contributed by atoms with E-state index in [4.69, 9.17) is 4.42 Å². The SMILES string of the molecule is Cc1nc2c(cnn2C(C)C)cc1C(=O)NCCNC(=O)c1ccco1. The number of fused-ring (bicyclic) bond motifs is 1. The highest BCUT2D eigenvalue weighted by atomic mass is 16.3. The molecule has 0 spiro atoms. The van der Waals surface area contributed by atoms with Gasteiger partial charge in [0.05, 0.1) is 23.7 Å². The van der Waals surface area contributed by atoms with E-state index in [0.29, 0.717) is 24.3 Å². The first-order valence-corrected chi connectivity index (χ1v) is 8.42. The molecule has 2 amide bonds. The normalized spacial score (nSPS) is 11.1. The third-order valence-electron chi connectivity index (χ3n) is 3.93. The summed E-state index contributed by atoms with van der Waals surface area (Å²) in [7, 11) is 0. The van der Waals surface area contributed by atoms with Crippen LogP contribution in [0.2, 0.25) is 0 Å². The van der Waals surface area contributed by atoms with Crippen LogP contribution in [0.3, 0.4) is 0 Å². The number of aromatic nitrogens is 3. The van der Waals surface area contributed by atoms with Crippen LogP contribution < -0.4 is 10.6 Å². The lowest BCUT2D eigenvalue weighted by atomic mass is 10.1. The van der Waals surface area contributed by atoms with Gasteiger partial charge in [-0.25, -0.2) is 9.67 Å². The van der Waals surface area contributed by atoms with Crippen molar-refractivity contribution in [3.8, 4) is 0 Å². The van der Waals surface area contributed by atoms with Gasteiger partial charge in [0.1, 0.15) is 0 Å². The molecule has 2 N–H and O–H groups in total. The van der Waals surface area contributed by atoms with E-state index in [-0.39, 0.29) is 23.6 Å². The number of furan rings is 1. The minimum Gasteiger partial charge on any atom is -0.459 e. The molecule has 0 saturated heterocycles. The number of amides is 2. The molecule has 0 aliphatic carbocycles. The molecule has 0 bridgehead atoms. The molecule has 8 nitrogen and oxygen atoms in total. The summed E-state index contributed by atoms with van der Waals surface area (Å²) in [5.74, 6) is -0.310. The van der Waals surface area contributed by atoms with Crippen LogP contribution in [0.5, 0.6) is 0 Å². The predicted molar refractivity (Wildman–Crippen MR) is 96.0 cm³/mol. The van der Waals surface area contributed by atoms with Gasteiger partial charge in [0, 0.05) is 24.5 Å². The Morgan fingerprint density at radius 2 is 1.96 bits per heavy atom. The van der Waals surface area contributed by atoms with Crippen LogP contribution in [0.15, 0.2) is 35.1 Å². The number of pyridine rings is 1. The van der Waals surface area contributed by atoms with Crippen LogP contribution in [0.25, 0.3) is 11.0 Å². The van der Waals surface area contributed by atoms with Gasteiger partial charge in [0.25, 0.3) is 11.8 Å². The Labute approximate surface area is 150 Å². The van der Waals surface area contributed by atoms with Crippen molar-refractivity contribution >= 4 is 22.8 Å². The van der Waals surface area contributed by atoms with Gasteiger partial charge in [-0.05, 0) is 39.0 Å². The Kier molecular flexibility index (Phi) is 5.01. The van der Waals surface area contributed by atoms with Crippen molar-refractivity contribution < 1.29 is 14.0 Å². The predicted octanol–water partition coefficient (Wildman–Crippen LogP) is 2.07. The summed E-state index contributed by atoms with van der Waals surface area (Å²) in [6, 6.07) is 5.21. The molecule has 136 valence electrons. The standard InChI is InChI=1S/C18H21N5O3/c1-11(2)23-16-13(10-21-23)9-14(12(3)22-16)17(24)19-6-7-20-18(25)15-5-4-8-26-15/h4-5,8-11H,6-7H2,1-3H3,(H,19,24)(H,20,25). The van der Waals surface area contributed by atoms with Crippen molar-refractivity contribution in [2.75, 3.05) is 13.1 Å². The smallest absolute Gasteiger partial charge is 0.287 e. The molecule has 0 aliphatic rings. The molecule has 0 radical (unpaired) electrons. The van der Waals surface area contributed by atoms with E-state index in [1.54, 1.807) is 31.3 Å². The van der Waals surface area contributed by atoms with Crippen molar-refractivity contribution in [1.82, 2.24) is 25.4 Å². The summed E-state index contributed by atoms with van der Waals surface area (Å²) in [6.07, 6.45) is 3.15.